The van der Waals surface area contributed by atoms with Gasteiger partial charge >= 0.3 is 0 Å². The van der Waals surface area contributed by atoms with Crippen molar-refractivity contribution in [2.24, 2.45) is 0 Å². The SMILES string of the molecule is COc1cc(C(C)C)ccc1CC1CCCN1. The second kappa shape index (κ2) is 5.54. The largest absolute Gasteiger partial charge is 0.496 e. The second-order valence-electron chi connectivity index (χ2n) is 5.22. The average molecular weight is 233 g/mol. The van der Waals surface area contributed by atoms with E-state index >= 15 is 0 Å². The maximum absolute atomic E-state index is 5.52. The van der Waals surface area contributed by atoms with Crippen molar-refractivity contribution in [3.63, 3.8) is 0 Å². The summed E-state index contributed by atoms with van der Waals surface area (Å²) in [6, 6.07) is 7.29. The molecule has 0 amide bonds. The molecule has 1 unspecified atom stereocenters. The van der Waals surface area contributed by atoms with E-state index in [-0.39, 0.29) is 0 Å². The minimum Gasteiger partial charge on any atom is -0.496 e. The van der Waals surface area contributed by atoms with E-state index in [1.54, 1.807) is 7.11 Å². The average Bonchev–Trinajstić information content (AvgIpc) is 2.82. The van der Waals surface area contributed by atoms with Crippen molar-refractivity contribution >= 4 is 0 Å². The molecule has 2 rings (SSSR count). The number of hydrogen-bond donors (Lipinski definition) is 1. The minimum atomic E-state index is 0.558. The van der Waals surface area contributed by atoms with Crippen LogP contribution < -0.4 is 10.1 Å². The van der Waals surface area contributed by atoms with E-state index in [0.717, 1.165) is 18.7 Å². The summed E-state index contributed by atoms with van der Waals surface area (Å²) in [6.45, 7) is 5.59. The monoisotopic (exact) mass is 233 g/mol. The number of ether oxygens (including phenoxy) is 1. The zero-order valence-corrected chi connectivity index (χ0v) is 11.1. The Bertz CT molecular complexity index is 367. The van der Waals surface area contributed by atoms with Crippen LogP contribution in [0.5, 0.6) is 5.75 Å². The maximum atomic E-state index is 5.52. The van der Waals surface area contributed by atoms with Crippen LogP contribution in [-0.2, 0) is 6.42 Å². The fourth-order valence-corrected chi connectivity index (χ4v) is 2.49. The first-order chi connectivity index (χ1) is 8.20. The summed E-state index contributed by atoms with van der Waals surface area (Å²) in [5.74, 6) is 1.60. The summed E-state index contributed by atoms with van der Waals surface area (Å²) in [4.78, 5) is 0. The van der Waals surface area contributed by atoms with E-state index in [4.69, 9.17) is 4.74 Å². The van der Waals surface area contributed by atoms with Crippen LogP contribution in [0, 0.1) is 0 Å². The molecule has 0 bridgehead atoms. The maximum Gasteiger partial charge on any atom is 0.122 e. The first-order valence-corrected chi connectivity index (χ1v) is 6.61. The van der Waals surface area contributed by atoms with Crippen molar-refractivity contribution in [2.45, 2.75) is 45.1 Å². The highest BCUT2D eigenvalue weighted by Gasteiger charge is 2.16. The van der Waals surface area contributed by atoms with Crippen LogP contribution >= 0.6 is 0 Å². The van der Waals surface area contributed by atoms with Gasteiger partial charge in [-0.3, -0.25) is 0 Å². The van der Waals surface area contributed by atoms with Crippen molar-refractivity contribution < 1.29 is 4.74 Å². The van der Waals surface area contributed by atoms with Crippen LogP contribution in [0.25, 0.3) is 0 Å². The molecule has 2 nitrogen and oxygen atoms in total. The third-order valence-electron chi connectivity index (χ3n) is 3.61. The molecule has 0 saturated carbocycles. The molecule has 1 aromatic carbocycles. The highest BCUT2D eigenvalue weighted by Crippen LogP contribution is 2.26. The minimum absolute atomic E-state index is 0.558. The van der Waals surface area contributed by atoms with E-state index in [1.165, 1.54) is 24.0 Å². The first kappa shape index (κ1) is 12.4. The van der Waals surface area contributed by atoms with Gasteiger partial charge in [-0.1, -0.05) is 26.0 Å². The molecule has 0 radical (unpaired) electrons. The zero-order valence-electron chi connectivity index (χ0n) is 11.1. The van der Waals surface area contributed by atoms with E-state index in [9.17, 15) is 0 Å². The zero-order chi connectivity index (χ0) is 12.3. The lowest BCUT2D eigenvalue weighted by Crippen LogP contribution is -2.23. The Morgan fingerprint density at radius 1 is 1.41 bits per heavy atom. The van der Waals surface area contributed by atoms with Gasteiger partial charge in [0.15, 0.2) is 0 Å². The second-order valence-corrected chi connectivity index (χ2v) is 5.22. The van der Waals surface area contributed by atoms with E-state index in [0.29, 0.717) is 12.0 Å². The third-order valence-corrected chi connectivity index (χ3v) is 3.61. The van der Waals surface area contributed by atoms with Crippen molar-refractivity contribution in [3.8, 4) is 5.75 Å². The van der Waals surface area contributed by atoms with Crippen LogP contribution in [0.1, 0.15) is 43.7 Å². The van der Waals surface area contributed by atoms with Gasteiger partial charge < -0.3 is 10.1 Å². The van der Waals surface area contributed by atoms with Crippen LogP contribution in [0.4, 0.5) is 0 Å². The van der Waals surface area contributed by atoms with Crippen LogP contribution in [0.3, 0.4) is 0 Å². The first-order valence-electron chi connectivity index (χ1n) is 6.61. The number of rotatable bonds is 4. The molecule has 0 aliphatic carbocycles. The molecule has 1 aromatic rings. The lowest BCUT2D eigenvalue weighted by molar-refractivity contribution is 0.406. The summed E-state index contributed by atoms with van der Waals surface area (Å²) in [5, 5.41) is 3.54. The van der Waals surface area contributed by atoms with Crippen molar-refractivity contribution in [3.05, 3.63) is 29.3 Å². The Kier molecular flexibility index (Phi) is 4.06. The van der Waals surface area contributed by atoms with Gasteiger partial charge in [0.25, 0.3) is 0 Å². The van der Waals surface area contributed by atoms with Gasteiger partial charge in [-0.2, -0.15) is 0 Å². The van der Waals surface area contributed by atoms with Crippen LogP contribution in [-0.4, -0.2) is 19.7 Å². The van der Waals surface area contributed by atoms with Gasteiger partial charge in [-0.25, -0.2) is 0 Å². The predicted molar refractivity (Wildman–Crippen MR) is 71.8 cm³/mol. The number of nitrogens with one attached hydrogen (secondary N) is 1. The fraction of sp³-hybridized carbons (Fsp3) is 0.600. The molecular formula is C15H23NO. The molecule has 2 heteroatoms. The predicted octanol–water partition coefficient (Wildman–Crippen LogP) is 3.11. The number of benzene rings is 1. The summed E-state index contributed by atoms with van der Waals surface area (Å²) in [5.41, 5.74) is 2.68. The molecule has 1 aliphatic rings. The molecule has 17 heavy (non-hydrogen) atoms. The Labute approximate surface area is 104 Å². The Morgan fingerprint density at radius 2 is 2.24 bits per heavy atom. The molecule has 94 valence electrons. The summed E-state index contributed by atoms with van der Waals surface area (Å²) < 4.78 is 5.52. The normalized spacial score (nSPS) is 19.9. The van der Waals surface area contributed by atoms with E-state index in [2.05, 4.69) is 37.4 Å². The Hall–Kier alpha value is -1.02. The smallest absolute Gasteiger partial charge is 0.122 e. The molecule has 0 spiro atoms. The Morgan fingerprint density at radius 3 is 2.82 bits per heavy atom. The number of methoxy groups -OCH3 is 1. The summed E-state index contributed by atoms with van der Waals surface area (Å²) >= 11 is 0. The standard InChI is InChI=1S/C15H23NO/c1-11(2)12-6-7-13(15(10-12)17-3)9-14-5-4-8-16-14/h6-7,10-11,14,16H,4-5,8-9H2,1-3H3. The van der Waals surface area contributed by atoms with Crippen molar-refractivity contribution in [1.29, 1.82) is 0 Å². The van der Waals surface area contributed by atoms with Gasteiger partial charge in [0, 0.05) is 6.04 Å². The quantitative estimate of drug-likeness (QED) is 0.862. The molecule has 1 atom stereocenters. The van der Waals surface area contributed by atoms with Gasteiger partial charge in [-0.05, 0) is 48.9 Å². The lowest BCUT2D eigenvalue weighted by Gasteiger charge is -2.15. The van der Waals surface area contributed by atoms with Crippen LogP contribution in [0.15, 0.2) is 18.2 Å². The molecule has 1 aliphatic heterocycles. The highest BCUT2D eigenvalue weighted by molar-refractivity contribution is 5.39. The lowest BCUT2D eigenvalue weighted by atomic mass is 9.97. The summed E-state index contributed by atoms with van der Waals surface area (Å²) in [6.07, 6.45) is 3.67. The van der Waals surface area contributed by atoms with Gasteiger partial charge in [0.1, 0.15) is 5.75 Å². The van der Waals surface area contributed by atoms with E-state index < -0.39 is 0 Å². The van der Waals surface area contributed by atoms with Gasteiger partial charge in [0.2, 0.25) is 0 Å². The molecule has 0 aromatic heterocycles. The van der Waals surface area contributed by atoms with Crippen molar-refractivity contribution in [1.82, 2.24) is 5.32 Å². The molecule has 1 fully saturated rings. The summed E-state index contributed by atoms with van der Waals surface area (Å²) in [7, 11) is 1.77. The molecular weight excluding hydrogens is 210 g/mol. The molecule has 1 N–H and O–H groups in total. The number of hydrogen-bond acceptors (Lipinski definition) is 2. The fourth-order valence-electron chi connectivity index (χ4n) is 2.49. The third kappa shape index (κ3) is 3.01. The van der Waals surface area contributed by atoms with Gasteiger partial charge in [0.05, 0.1) is 7.11 Å². The van der Waals surface area contributed by atoms with E-state index in [1.807, 2.05) is 0 Å². The molecule has 1 heterocycles. The molecule has 1 saturated heterocycles. The van der Waals surface area contributed by atoms with Crippen molar-refractivity contribution in [2.75, 3.05) is 13.7 Å². The Balaban J connectivity index is 2.15. The van der Waals surface area contributed by atoms with Gasteiger partial charge in [-0.15, -0.1) is 0 Å². The van der Waals surface area contributed by atoms with Crippen LogP contribution in [0.2, 0.25) is 0 Å². The topological polar surface area (TPSA) is 21.3 Å². The highest BCUT2D eigenvalue weighted by atomic mass is 16.5.